The molecule has 4 heteroatoms. The summed E-state index contributed by atoms with van der Waals surface area (Å²) in [6.07, 6.45) is 0. The number of hydrogen-bond acceptors (Lipinski definition) is 3. The van der Waals surface area contributed by atoms with Crippen molar-refractivity contribution in [1.29, 1.82) is 0 Å². The molecule has 0 saturated heterocycles. The third-order valence-electron chi connectivity index (χ3n) is 3.40. The minimum absolute atomic E-state index is 0.325. The van der Waals surface area contributed by atoms with E-state index in [1.54, 1.807) is 11.3 Å². The second kappa shape index (κ2) is 7.14. The van der Waals surface area contributed by atoms with Crippen LogP contribution in [0.2, 0.25) is 0 Å². The van der Waals surface area contributed by atoms with E-state index in [0.29, 0.717) is 6.04 Å². The summed E-state index contributed by atoms with van der Waals surface area (Å²) in [5, 5.41) is 3.54. The highest BCUT2D eigenvalue weighted by Crippen LogP contribution is 2.29. The molecule has 0 fully saturated rings. The number of hydrogen-bond donors (Lipinski definition) is 1. The average Bonchev–Trinajstić information content (AvgIpc) is 2.89. The fourth-order valence-electron chi connectivity index (χ4n) is 2.24. The van der Waals surface area contributed by atoms with E-state index in [2.05, 4.69) is 83.3 Å². The number of anilines is 2. The first-order valence-corrected chi connectivity index (χ1v) is 8.61. The number of nitrogens with one attached hydrogen (secondary N) is 1. The summed E-state index contributed by atoms with van der Waals surface area (Å²) in [6.45, 7) is 8.65. The molecule has 1 unspecified atom stereocenters. The summed E-state index contributed by atoms with van der Waals surface area (Å²) in [4.78, 5) is 3.69. The Labute approximate surface area is 133 Å². The molecule has 0 aliphatic rings. The van der Waals surface area contributed by atoms with Gasteiger partial charge in [-0.15, -0.1) is 11.3 Å². The van der Waals surface area contributed by atoms with Crippen molar-refractivity contribution in [2.75, 3.05) is 23.3 Å². The highest BCUT2D eigenvalue weighted by Gasteiger charge is 2.08. The number of halogens is 1. The van der Waals surface area contributed by atoms with E-state index in [9.17, 15) is 0 Å². The lowest BCUT2D eigenvalue weighted by molar-refractivity contribution is 0.865. The number of nitrogens with zero attached hydrogens (tertiary/aromatic N) is 1. The third kappa shape index (κ3) is 3.76. The molecular formula is C16H21BrN2S. The summed E-state index contributed by atoms with van der Waals surface area (Å²) >= 11 is 5.29. The Morgan fingerprint density at radius 3 is 2.25 bits per heavy atom. The Balaban J connectivity index is 2.03. The topological polar surface area (TPSA) is 15.3 Å². The number of thiophene rings is 1. The summed E-state index contributed by atoms with van der Waals surface area (Å²) in [5.74, 6) is 0. The van der Waals surface area contributed by atoms with Gasteiger partial charge in [-0.2, -0.15) is 0 Å². The molecule has 1 atom stereocenters. The maximum atomic E-state index is 3.54. The fraction of sp³-hybridized carbons (Fsp3) is 0.375. The first-order chi connectivity index (χ1) is 9.63. The van der Waals surface area contributed by atoms with Gasteiger partial charge < -0.3 is 10.2 Å². The van der Waals surface area contributed by atoms with Crippen molar-refractivity contribution in [2.45, 2.75) is 26.8 Å². The first-order valence-electron chi connectivity index (χ1n) is 7.00. The lowest BCUT2D eigenvalue weighted by atomic mass is 10.2. The van der Waals surface area contributed by atoms with Crippen molar-refractivity contribution in [3.8, 4) is 0 Å². The van der Waals surface area contributed by atoms with Crippen LogP contribution in [0.1, 0.15) is 31.7 Å². The molecular weight excluding hydrogens is 332 g/mol. The van der Waals surface area contributed by atoms with Gasteiger partial charge in [0.05, 0.1) is 9.83 Å². The summed E-state index contributed by atoms with van der Waals surface area (Å²) < 4.78 is 1.18. The normalized spacial score (nSPS) is 12.2. The second-order valence-corrected chi connectivity index (χ2v) is 7.22. The van der Waals surface area contributed by atoms with Crippen LogP contribution in [-0.4, -0.2) is 13.1 Å². The largest absolute Gasteiger partial charge is 0.378 e. The van der Waals surface area contributed by atoms with Crippen molar-refractivity contribution in [3.63, 3.8) is 0 Å². The SMILES string of the molecule is CCN(CC)c1ccc(NC(C)c2ccc(Br)s2)cc1. The Hall–Kier alpha value is -1.00. The van der Waals surface area contributed by atoms with E-state index >= 15 is 0 Å². The van der Waals surface area contributed by atoms with Crippen molar-refractivity contribution in [2.24, 2.45) is 0 Å². The molecule has 2 rings (SSSR count). The van der Waals surface area contributed by atoms with Crippen LogP contribution >= 0.6 is 27.3 Å². The van der Waals surface area contributed by atoms with E-state index in [-0.39, 0.29) is 0 Å². The zero-order valence-corrected chi connectivity index (χ0v) is 14.6. The zero-order valence-electron chi connectivity index (χ0n) is 12.2. The minimum Gasteiger partial charge on any atom is -0.378 e. The van der Waals surface area contributed by atoms with Gasteiger partial charge in [0.1, 0.15) is 0 Å². The lowest BCUT2D eigenvalue weighted by Gasteiger charge is -2.21. The van der Waals surface area contributed by atoms with Crippen LogP contribution in [0, 0.1) is 0 Å². The molecule has 0 amide bonds. The maximum absolute atomic E-state index is 3.54. The third-order valence-corrected chi connectivity index (χ3v) is 5.21. The molecule has 2 nitrogen and oxygen atoms in total. The molecule has 0 bridgehead atoms. The predicted octanol–water partition coefficient (Wildman–Crippen LogP) is 5.53. The van der Waals surface area contributed by atoms with Gasteiger partial charge in [0.25, 0.3) is 0 Å². The molecule has 2 aromatic rings. The molecule has 1 N–H and O–H groups in total. The van der Waals surface area contributed by atoms with Gasteiger partial charge >= 0.3 is 0 Å². The zero-order chi connectivity index (χ0) is 14.5. The Kier molecular flexibility index (Phi) is 5.49. The minimum atomic E-state index is 0.325. The van der Waals surface area contributed by atoms with Crippen molar-refractivity contribution in [1.82, 2.24) is 0 Å². The van der Waals surface area contributed by atoms with E-state index < -0.39 is 0 Å². The van der Waals surface area contributed by atoms with E-state index in [1.165, 1.54) is 14.4 Å². The van der Waals surface area contributed by atoms with E-state index in [4.69, 9.17) is 0 Å². The molecule has 0 spiro atoms. The van der Waals surface area contributed by atoms with Gasteiger partial charge in [0.2, 0.25) is 0 Å². The maximum Gasteiger partial charge on any atom is 0.0702 e. The quantitative estimate of drug-likeness (QED) is 0.735. The van der Waals surface area contributed by atoms with Crippen LogP contribution in [-0.2, 0) is 0 Å². The highest BCUT2D eigenvalue weighted by atomic mass is 79.9. The summed E-state index contributed by atoms with van der Waals surface area (Å²) in [7, 11) is 0. The average molecular weight is 353 g/mol. The van der Waals surface area contributed by atoms with Gasteiger partial charge in [-0.25, -0.2) is 0 Å². The van der Waals surface area contributed by atoms with Crippen LogP contribution in [0.3, 0.4) is 0 Å². The lowest BCUT2D eigenvalue weighted by Crippen LogP contribution is -2.21. The van der Waals surface area contributed by atoms with E-state index in [1.807, 2.05) is 0 Å². The standard InChI is InChI=1S/C16H21BrN2S/c1-4-19(5-2)14-8-6-13(7-9-14)18-12(3)15-10-11-16(17)20-15/h6-12,18H,4-5H2,1-3H3. The molecule has 0 saturated carbocycles. The summed E-state index contributed by atoms with van der Waals surface area (Å²) in [6, 6.07) is 13.3. The monoisotopic (exact) mass is 352 g/mol. The predicted molar refractivity (Wildman–Crippen MR) is 94.1 cm³/mol. The van der Waals surface area contributed by atoms with Crippen molar-refractivity contribution in [3.05, 3.63) is 45.1 Å². The van der Waals surface area contributed by atoms with Crippen LogP contribution in [0.4, 0.5) is 11.4 Å². The molecule has 108 valence electrons. The molecule has 1 aromatic heterocycles. The first kappa shape index (κ1) is 15.4. The molecule has 1 heterocycles. The van der Waals surface area contributed by atoms with Gasteiger partial charge in [0, 0.05) is 29.3 Å². The van der Waals surface area contributed by atoms with Gasteiger partial charge in [0.15, 0.2) is 0 Å². The van der Waals surface area contributed by atoms with Crippen molar-refractivity contribution >= 4 is 38.6 Å². The van der Waals surface area contributed by atoms with Crippen molar-refractivity contribution < 1.29 is 0 Å². The molecule has 20 heavy (non-hydrogen) atoms. The van der Waals surface area contributed by atoms with Gasteiger partial charge in [-0.1, -0.05) is 0 Å². The van der Waals surface area contributed by atoms with Crippen LogP contribution in [0.5, 0.6) is 0 Å². The molecule has 1 aromatic carbocycles. The Morgan fingerprint density at radius 2 is 1.75 bits per heavy atom. The smallest absolute Gasteiger partial charge is 0.0702 e. The van der Waals surface area contributed by atoms with Gasteiger partial charge in [-0.05, 0) is 73.1 Å². The summed E-state index contributed by atoms with van der Waals surface area (Å²) in [5.41, 5.74) is 2.45. The Morgan fingerprint density at radius 1 is 1.10 bits per heavy atom. The molecule has 0 aliphatic heterocycles. The molecule has 0 aliphatic carbocycles. The molecule has 0 radical (unpaired) electrons. The number of benzene rings is 1. The van der Waals surface area contributed by atoms with Gasteiger partial charge in [-0.3, -0.25) is 0 Å². The van der Waals surface area contributed by atoms with Crippen LogP contribution in [0.25, 0.3) is 0 Å². The van der Waals surface area contributed by atoms with Crippen LogP contribution < -0.4 is 10.2 Å². The number of rotatable bonds is 6. The second-order valence-electron chi connectivity index (χ2n) is 4.73. The Bertz CT molecular complexity index is 532. The fourth-order valence-corrected chi connectivity index (χ4v) is 3.67. The highest BCUT2D eigenvalue weighted by molar-refractivity contribution is 9.11. The van der Waals surface area contributed by atoms with E-state index in [0.717, 1.165) is 18.8 Å². The van der Waals surface area contributed by atoms with Crippen LogP contribution in [0.15, 0.2) is 40.2 Å².